The molecule has 0 spiro atoms. The highest BCUT2D eigenvalue weighted by atomic mass is 16.4. The van der Waals surface area contributed by atoms with Crippen LogP contribution in [-0.4, -0.2) is 29.2 Å². The smallest absolute Gasteiger partial charge is 0.271 e. The Labute approximate surface area is 128 Å². The molecule has 0 aliphatic carbocycles. The van der Waals surface area contributed by atoms with Crippen molar-refractivity contribution >= 4 is 5.91 Å². The molecule has 2 aromatic rings. The number of carbonyl (C=O) groups is 1. The molecule has 0 aromatic carbocycles. The highest BCUT2D eigenvalue weighted by Crippen LogP contribution is 2.25. The molecular formula is C15H21N4O3+. The maximum atomic E-state index is 11.2. The van der Waals surface area contributed by atoms with Crippen molar-refractivity contribution < 1.29 is 18.5 Å². The van der Waals surface area contributed by atoms with Gasteiger partial charge in [-0.3, -0.25) is 4.79 Å². The zero-order valence-electron chi connectivity index (χ0n) is 12.9. The van der Waals surface area contributed by atoms with Gasteiger partial charge in [-0.1, -0.05) is 0 Å². The Morgan fingerprint density at radius 1 is 1.32 bits per heavy atom. The first-order chi connectivity index (χ1) is 10.5. The topological polar surface area (TPSA) is 99.6 Å². The van der Waals surface area contributed by atoms with Crippen molar-refractivity contribution in [2.75, 3.05) is 13.1 Å². The Bertz CT molecular complexity index is 668. The van der Waals surface area contributed by atoms with Gasteiger partial charge in [0.2, 0.25) is 5.91 Å². The molecule has 22 heavy (non-hydrogen) atoms. The number of primary amides is 1. The average molecular weight is 305 g/mol. The van der Waals surface area contributed by atoms with Crippen LogP contribution >= 0.6 is 0 Å². The number of quaternary nitrogens is 1. The first kappa shape index (κ1) is 14.8. The SMILES string of the molecule is Cc1cc(-c2nnc(C[NH+]3CCC(C(N)=O)CC3)o2)c(C)o1. The maximum absolute atomic E-state index is 11.2. The molecule has 3 rings (SSSR count). The van der Waals surface area contributed by atoms with Crippen molar-refractivity contribution in [1.29, 1.82) is 0 Å². The van der Waals surface area contributed by atoms with E-state index >= 15 is 0 Å². The van der Waals surface area contributed by atoms with E-state index in [9.17, 15) is 4.79 Å². The van der Waals surface area contributed by atoms with Gasteiger partial charge in [0.05, 0.1) is 18.7 Å². The van der Waals surface area contributed by atoms with E-state index in [4.69, 9.17) is 14.6 Å². The Balaban J connectivity index is 1.63. The van der Waals surface area contributed by atoms with Crippen LogP contribution in [0.2, 0.25) is 0 Å². The number of nitrogens with one attached hydrogen (secondary N) is 1. The van der Waals surface area contributed by atoms with E-state index in [-0.39, 0.29) is 11.8 Å². The van der Waals surface area contributed by atoms with Crippen molar-refractivity contribution in [3.05, 3.63) is 23.5 Å². The Hall–Kier alpha value is -2.15. The lowest BCUT2D eigenvalue weighted by Gasteiger charge is -2.26. The van der Waals surface area contributed by atoms with Crippen LogP contribution < -0.4 is 10.6 Å². The third kappa shape index (κ3) is 3.04. The van der Waals surface area contributed by atoms with Crippen LogP contribution in [0.4, 0.5) is 0 Å². The van der Waals surface area contributed by atoms with Gasteiger partial charge in [-0.15, -0.1) is 10.2 Å². The van der Waals surface area contributed by atoms with E-state index in [0.29, 0.717) is 18.3 Å². The van der Waals surface area contributed by atoms with Gasteiger partial charge >= 0.3 is 0 Å². The van der Waals surface area contributed by atoms with Crippen molar-refractivity contribution in [1.82, 2.24) is 10.2 Å². The molecule has 7 heteroatoms. The van der Waals surface area contributed by atoms with Gasteiger partial charge in [0, 0.05) is 18.8 Å². The van der Waals surface area contributed by atoms with E-state index in [1.807, 2.05) is 19.9 Å². The fraction of sp³-hybridized carbons (Fsp3) is 0.533. The number of piperidine rings is 1. The molecule has 0 saturated carbocycles. The highest BCUT2D eigenvalue weighted by Gasteiger charge is 2.27. The van der Waals surface area contributed by atoms with Gasteiger partial charge in [0.1, 0.15) is 11.5 Å². The fourth-order valence-corrected chi connectivity index (χ4v) is 2.98. The van der Waals surface area contributed by atoms with E-state index in [0.717, 1.165) is 43.0 Å². The lowest BCUT2D eigenvalue weighted by atomic mass is 9.96. The summed E-state index contributed by atoms with van der Waals surface area (Å²) in [5, 5.41) is 8.23. The number of nitrogens with two attached hydrogens (primary N) is 1. The van der Waals surface area contributed by atoms with Gasteiger partial charge in [-0.25, -0.2) is 0 Å². The molecule has 1 aliphatic rings. The molecule has 0 radical (unpaired) electrons. The molecule has 3 N–H and O–H groups in total. The summed E-state index contributed by atoms with van der Waals surface area (Å²) < 4.78 is 11.2. The van der Waals surface area contributed by atoms with Crippen LogP contribution in [0, 0.1) is 19.8 Å². The number of hydrogen-bond acceptors (Lipinski definition) is 5. The largest absolute Gasteiger partial charge is 0.466 e. The van der Waals surface area contributed by atoms with Crippen molar-refractivity contribution in [2.45, 2.75) is 33.2 Å². The number of aromatic nitrogens is 2. The molecule has 3 heterocycles. The summed E-state index contributed by atoms with van der Waals surface area (Å²) in [7, 11) is 0. The maximum Gasteiger partial charge on any atom is 0.271 e. The molecule has 0 bridgehead atoms. The van der Waals surface area contributed by atoms with Crippen molar-refractivity contribution in [3.8, 4) is 11.5 Å². The predicted octanol–water partition coefficient (Wildman–Crippen LogP) is 0.227. The molecule has 118 valence electrons. The van der Waals surface area contributed by atoms with Crippen LogP contribution in [0.15, 0.2) is 14.9 Å². The van der Waals surface area contributed by atoms with Gasteiger partial charge < -0.3 is 19.5 Å². The van der Waals surface area contributed by atoms with E-state index in [2.05, 4.69) is 10.2 Å². The second-order valence-electron chi connectivity index (χ2n) is 5.93. The summed E-state index contributed by atoms with van der Waals surface area (Å²) >= 11 is 0. The van der Waals surface area contributed by atoms with Gasteiger partial charge in [0.25, 0.3) is 11.8 Å². The molecule has 1 saturated heterocycles. The van der Waals surface area contributed by atoms with Crippen LogP contribution in [0.3, 0.4) is 0 Å². The normalized spacial score (nSPS) is 21.9. The summed E-state index contributed by atoms with van der Waals surface area (Å²) in [4.78, 5) is 12.5. The van der Waals surface area contributed by atoms with Crippen LogP contribution in [0.1, 0.15) is 30.3 Å². The van der Waals surface area contributed by atoms with Crippen LogP contribution in [0.25, 0.3) is 11.5 Å². The minimum absolute atomic E-state index is 0.0125. The quantitative estimate of drug-likeness (QED) is 0.842. The minimum atomic E-state index is -0.190. The lowest BCUT2D eigenvalue weighted by molar-refractivity contribution is -0.920. The molecule has 7 nitrogen and oxygen atoms in total. The molecule has 1 amide bonds. The van der Waals surface area contributed by atoms with Crippen LogP contribution in [0.5, 0.6) is 0 Å². The second-order valence-corrected chi connectivity index (χ2v) is 5.93. The predicted molar refractivity (Wildman–Crippen MR) is 77.8 cm³/mol. The standard InChI is InChI=1S/C15H20N4O3/c1-9-7-12(10(2)21-9)15-18-17-13(22-15)8-19-5-3-11(4-6-19)14(16)20/h7,11H,3-6,8H2,1-2H3,(H2,16,20)/p+1. The van der Waals surface area contributed by atoms with Crippen molar-refractivity contribution in [2.24, 2.45) is 11.7 Å². The van der Waals surface area contributed by atoms with Crippen LogP contribution in [-0.2, 0) is 11.3 Å². The van der Waals surface area contributed by atoms with Gasteiger partial charge in [-0.2, -0.15) is 0 Å². The summed E-state index contributed by atoms with van der Waals surface area (Å²) in [6.07, 6.45) is 1.65. The lowest BCUT2D eigenvalue weighted by Crippen LogP contribution is -3.11. The Morgan fingerprint density at radius 3 is 2.64 bits per heavy atom. The number of furan rings is 1. The number of aryl methyl sites for hydroxylation is 2. The number of likely N-dealkylation sites (tertiary alicyclic amines) is 1. The first-order valence-electron chi connectivity index (χ1n) is 7.55. The number of carbonyl (C=O) groups excluding carboxylic acids is 1. The molecule has 2 aromatic heterocycles. The van der Waals surface area contributed by atoms with E-state index in [1.54, 1.807) is 0 Å². The number of nitrogens with zero attached hydrogens (tertiary/aromatic N) is 2. The van der Waals surface area contributed by atoms with E-state index in [1.165, 1.54) is 4.90 Å². The first-order valence-corrected chi connectivity index (χ1v) is 7.55. The molecular weight excluding hydrogens is 284 g/mol. The zero-order valence-corrected chi connectivity index (χ0v) is 12.9. The number of hydrogen-bond donors (Lipinski definition) is 2. The summed E-state index contributed by atoms with van der Waals surface area (Å²) in [6.45, 7) is 6.24. The molecule has 1 fully saturated rings. The number of amides is 1. The van der Waals surface area contributed by atoms with Crippen molar-refractivity contribution in [3.63, 3.8) is 0 Å². The summed E-state index contributed by atoms with van der Waals surface area (Å²) in [5.74, 6) is 2.54. The third-order valence-corrected chi connectivity index (χ3v) is 4.23. The fourth-order valence-electron chi connectivity index (χ4n) is 2.98. The second kappa shape index (κ2) is 5.92. The summed E-state index contributed by atoms with van der Waals surface area (Å²) in [6, 6.07) is 1.90. The monoisotopic (exact) mass is 305 g/mol. The van der Waals surface area contributed by atoms with Gasteiger partial charge in [0.15, 0.2) is 6.54 Å². The van der Waals surface area contributed by atoms with Gasteiger partial charge in [-0.05, 0) is 19.9 Å². The highest BCUT2D eigenvalue weighted by molar-refractivity contribution is 5.76. The molecule has 1 aliphatic heterocycles. The zero-order chi connectivity index (χ0) is 15.7. The number of rotatable bonds is 4. The Kier molecular flexibility index (Phi) is 3.98. The molecule has 0 unspecified atom stereocenters. The average Bonchev–Trinajstić information content (AvgIpc) is 3.06. The third-order valence-electron chi connectivity index (χ3n) is 4.23. The summed E-state index contributed by atoms with van der Waals surface area (Å²) in [5.41, 5.74) is 6.20. The van der Waals surface area contributed by atoms with E-state index < -0.39 is 0 Å². The Morgan fingerprint density at radius 2 is 2.05 bits per heavy atom. The molecule has 0 atom stereocenters. The minimum Gasteiger partial charge on any atom is -0.466 e.